The van der Waals surface area contributed by atoms with E-state index in [0.717, 1.165) is 16.7 Å². The van der Waals surface area contributed by atoms with Crippen LogP contribution in [-0.4, -0.2) is 23.3 Å². The molecule has 0 unspecified atom stereocenters. The standard InChI is InChI=1S/C20H23ClN2O2/c1-15-6-5-7-17(12-15)13-22-20(25)10-11-23(16(2)24)14-18-8-3-4-9-19(18)21/h3-9,12H,10-11,13-14H2,1-2H3,(H,22,25). The quantitative estimate of drug-likeness (QED) is 0.820. The van der Waals surface area contributed by atoms with Crippen molar-refractivity contribution in [3.05, 3.63) is 70.2 Å². The van der Waals surface area contributed by atoms with E-state index in [1.807, 2.05) is 49.4 Å². The summed E-state index contributed by atoms with van der Waals surface area (Å²) in [5.74, 6) is -0.154. The second kappa shape index (κ2) is 9.23. The molecule has 0 radical (unpaired) electrons. The van der Waals surface area contributed by atoms with Gasteiger partial charge in [0, 0.05) is 38.0 Å². The molecule has 0 saturated heterocycles. The van der Waals surface area contributed by atoms with Gasteiger partial charge in [0.05, 0.1) is 0 Å². The molecule has 2 amide bonds. The van der Waals surface area contributed by atoms with Gasteiger partial charge in [-0.2, -0.15) is 0 Å². The van der Waals surface area contributed by atoms with Crippen LogP contribution in [0.5, 0.6) is 0 Å². The van der Waals surface area contributed by atoms with Gasteiger partial charge in [-0.15, -0.1) is 0 Å². The highest BCUT2D eigenvalue weighted by Crippen LogP contribution is 2.17. The Morgan fingerprint density at radius 2 is 1.88 bits per heavy atom. The van der Waals surface area contributed by atoms with Crippen molar-refractivity contribution in [1.82, 2.24) is 10.2 Å². The Kier molecular flexibility index (Phi) is 7.02. The summed E-state index contributed by atoms with van der Waals surface area (Å²) in [4.78, 5) is 25.5. The number of hydrogen-bond donors (Lipinski definition) is 1. The second-order valence-electron chi connectivity index (χ2n) is 6.05. The van der Waals surface area contributed by atoms with Gasteiger partial charge in [-0.1, -0.05) is 59.6 Å². The molecule has 2 aromatic carbocycles. The molecular formula is C20H23ClN2O2. The highest BCUT2D eigenvalue weighted by atomic mass is 35.5. The number of carbonyl (C=O) groups excluding carboxylic acids is 2. The van der Waals surface area contributed by atoms with Crippen molar-refractivity contribution in [3.63, 3.8) is 0 Å². The molecule has 0 heterocycles. The number of rotatable bonds is 7. The van der Waals surface area contributed by atoms with Crippen LogP contribution < -0.4 is 5.32 Å². The molecule has 0 aromatic heterocycles. The number of halogens is 1. The maximum absolute atomic E-state index is 12.1. The minimum Gasteiger partial charge on any atom is -0.352 e. The summed E-state index contributed by atoms with van der Waals surface area (Å²) in [6.07, 6.45) is 0.260. The number of amides is 2. The van der Waals surface area contributed by atoms with E-state index in [-0.39, 0.29) is 18.2 Å². The molecule has 2 aromatic rings. The molecule has 1 N–H and O–H groups in total. The summed E-state index contributed by atoms with van der Waals surface area (Å²) in [6.45, 7) is 4.78. The minimum atomic E-state index is -0.0774. The molecule has 2 rings (SSSR count). The first-order valence-electron chi connectivity index (χ1n) is 8.27. The largest absolute Gasteiger partial charge is 0.352 e. The van der Waals surface area contributed by atoms with Crippen LogP contribution in [0.2, 0.25) is 5.02 Å². The van der Waals surface area contributed by atoms with Crippen LogP contribution in [0.4, 0.5) is 0 Å². The molecule has 25 heavy (non-hydrogen) atoms. The smallest absolute Gasteiger partial charge is 0.222 e. The maximum Gasteiger partial charge on any atom is 0.222 e. The molecule has 0 atom stereocenters. The predicted molar refractivity (Wildman–Crippen MR) is 100 cm³/mol. The zero-order valence-corrected chi connectivity index (χ0v) is 15.3. The van der Waals surface area contributed by atoms with Crippen molar-refractivity contribution in [2.24, 2.45) is 0 Å². The molecule has 5 heteroatoms. The summed E-state index contributed by atoms with van der Waals surface area (Å²) in [5, 5.41) is 3.52. The lowest BCUT2D eigenvalue weighted by atomic mass is 10.1. The highest BCUT2D eigenvalue weighted by Gasteiger charge is 2.13. The number of aryl methyl sites for hydroxylation is 1. The molecule has 0 saturated carbocycles. The molecule has 0 aliphatic heterocycles. The first kappa shape index (κ1) is 19.0. The molecular weight excluding hydrogens is 336 g/mol. The third-order valence-electron chi connectivity index (χ3n) is 3.95. The normalized spacial score (nSPS) is 10.4. The molecule has 132 valence electrons. The average molecular weight is 359 g/mol. The van der Waals surface area contributed by atoms with E-state index in [1.54, 1.807) is 11.0 Å². The lowest BCUT2D eigenvalue weighted by molar-refractivity contribution is -0.130. The zero-order chi connectivity index (χ0) is 18.2. The van der Waals surface area contributed by atoms with Crippen molar-refractivity contribution in [3.8, 4) is 0 Å². The first-order valence-corrected chi connectivity index (χ1v) is 8.64. The maximum atomic E-state index is 12.1. The van der Waals surface area contributed by atoms with Crippen LogP contribution in [0.3, 0.4) is 0 Å². The molecule has 0 bridgehead atoms. The third-order valence-corrected chi connectivity index (χ3v) is 4.31. The van der Waals surface area contributed by atoms with E-state index in [9.17, 15) is 9.59 Å². The van der Waals surface area contributed by atoms with E-state index in [2.05, 4.69) is 5.32 Å². The van der Waals surface area contributed by atoms with Gasteiger partial charge in [0.15, 0.2) is 0 Å². The lowest BCUT2D eigenvalue weighted by Gasteiger charge is -2.21. The highest BCUT2D eigenvalue weighted by molar-refractivity contribution is 6.31. The van der Waals surface area contributed by atoms with Gasteiger partial charge in [-0.3, -0.25) is 9.59 Å². The molecule has 0 aliphatic carbocycles. The summed E-state index contributed by atoms with van der Waals surface area (Å²) in [6, 6.07) is 15.4. The first-order chi connectivity index (χ1) is 12.0. The van der Waals surface area contributed by atoms with Crippen molar-refractivity contribution >= 4 is 23.4 Å². The summed E-state index contributed by atoms with van der Waals surface area (Å²) < 4.78 is 0. The van der Waals surface area contributed by atoms with Crippen LogP contribution in [0, 0.1) is 6.92 Å². The van der Waals surface area contributed by atoms with Gasteiger partial charge in [-0.25, -0.2) is 0 Å². The Morgan fingerprint density at radius 3 is 2.56 bits per heavy atom. The Hall–Kier alpha value is -2.33. The predicted octanol–water partition coefficient (Wildman–Crippen LogP) is 3.70. The molecule has 0 spiro atoms. The number of nitrogens with zero attached hydrogens (tertiary/aromatic N) is 1. The minimum absolute atomic E-state index is 0.0769. The van der Waals surface area contributed by atoms with Gasteiger partial charge in [0.1, 0.15) is 0 Å². The number of hydrogen-bond acceptors (Lipinski definition) is 2. The Labute approximate surface area is 153 Å². The molecule has 0 aliphatic rings. The molecule has 4 nitrogen and oxygen atoms in total. The van der Waals surface area contributed by atoms with Crippen molar-refractivity contribution in [2.75, 3.05) is 6.54 Å². The summed E-state index contributed by atoms with van der Waals surface area (Å²) >= 11 is 6.15. The Bertz CT molecular complexity index is 746. The fourth-order valence-electron chi connectivity index (χ4n) is 2.53. The summed E-state index contributed by atoms with van der Waals surface area (Å²) in [5.41, 5.74) is 3.10. The van der Waals surface area contributed by atoms with Crippen LogP contribution in [0.15, 0.2) is 48.5 Å². The van der Waals surface area contributed by atoms with Gasteiger partial charge >= 0.3 is 0 Å². The second-order valence-corrected chi connectivity index (χ2v) is 6.45. The van der Waals surface area contributed by atoms with Gasteiger partial charge in [0.25, 0.3) is 0 Å². The Morgan fingerprint density at radius 1 is 1.12 bits per heavy atom. The summed E-state index contributed by atoms with van der Waals surface area (Å²) in [7, 11) is 0. The fourth-order valence-corrected chi connectivity index (χ4v) is 2.72. The van der Waals surface area contributed by atoms with Crippen LogP contribution in [-0.2, 0) is 22.7 Å². The van der Waals surface area contributed by atoms with Crippen molar-refractivity contribution < 1.29 is 9.59 Å². The van der Waals surface area contributed by atoms with Crippen LogP contribution in [0.1, 0.15) is 30.0 Å². The number of benzene rings is 2. The van der Waals surface area contributed by atoms with E-state index >= 15 is 0 Å². The van der Waals surface area contributed by atoms with Crippen LogP contribution in [0.25, 0.3) is 0 Å². The lowest BCUT2D eigenvalue weighted by Crippen LogP contribution is -2.33. The monoisotopic (exact) mass is 358 g/mol. The number of nitrogens with one attached hydrogen (secondary N) is 1. The third kappa shape index (κ3) is 6.24. The van der Waals surface area contributed by atoms with Gasteiger partial charge in [0.2, 0.25) is 11.8 Å². The zero-order valence-electron chi connectivity index (χ0n) is 14.6. The topological polar surface area (TPSA) is 49.4 Å². The SMILES string of the molecule is CC(=O)N(CCC(=O)NCc1cccc(C)c1)Cc1ccccc1Cl. The van der Waals surface area contributed by atoms with E-state index in [0.29, 0.717) is 24.7 Å². The van der Waals surface area contributed by atoms with Gasteiger partial charge < -0.3 is 10.2 Å². The van der Waals surface area contributed by atoms with E-state index in [4.69, 9.17) is 11.6 Å². The van der Waals surface area contributed by atoms with E-state index in [1.165, 1.54) is 6.92 Å². The van der Waals surface area contributed by atoms with Crippen molar-refractivity contribution in [1.29, 1.82) is 0 Å². The Balaban J connectivity index is 1.85. The van der Waals surface area contributed by atoms with Crippen LogP contribution >= 0.6 is 11.6 Å². The fraction of sp³-hybridized carbons (Fsp3) is 0.300. The molecule has 0 fully saturated rings. The van der Waals surface area contributed by atoms with E-state index < -0.39 is 0 Å². The average Bonchev–Trinajstić information content (AvgIpc) is 2.58. The number of carbonyl (C=O) groups is 2. The van der Waals surface area contributed by atoms with Crippen molar-refractivity contribution in [2.45, 2.75) is 33.4 Å². The van der Waals surface area contributed by atoms with Gasteiger partial charge in [-0.05, 0) is 24.1 Å².